The first-order valence-electron chi connectivity index (χ1n) is 11.6. The van der Waals surface area contributed by atoms with Crippen molar-refractivity contribution in [1.29, 1.82) is 0 Å². The van der Waals surface area contributed by atoms with Crippen molar-refractivity contribution < 1.29 is 24.2 Å². The fourth-order valence-corrected chi connectivity index (χ4v) is 4.19. The molecule has 35 heavy (non-hydrogen) atoms. The number of ether oxygens (including phenoxy) is 2. The number of carbonyl (C=O) groups is 2. The van der Waals surface area contributed by atoms with E-state index >= 15 is 0 Å². The summed E-state index contributed by atoms with van der Waals surface area (Å²) in [5, 5.41) is 11.3. The Balaban J connectivity index is 1.87. The number of anilines is 1. The molecule has 1 saturated heterocycles. The fourth-order valence-electron chi connectivity index (χ4n) is 4.19. The summed E-state index contributed by atoms with van der Waals surface area (Å²) in [6.45, 7) is 6.55. The Morgan fingerprint density at radius 3 is 2.34 bits per heavy atom. The minimum absolute atomic E-state index is 0.0312. The van der Waals surface area contributed by atoms with E-state index in [0.717, 1.165) is 17.5 Å². The highest BCUT2D eigenvalue weighted by molar-refractivity contribution is 6.51. The normalized spacial score (nSPS) is 17.0. The van der Waals surface area contributed by atoms with Crippen molar-refractivity contribution in [3.8, 4) is 11.5 Å². The highest BCUT2D eigenvalue weighted by Gasteiger charge is 2.47. The molecule has 1 N–H and O–H groups in total. The lowest BCUT2D eigenvalue weighted by molar-refractivity contribution is -0.132. The predicted octanol–water partition coefficient (Wildman–Crippen LogP) is 5.73. The van der Waals surface area contributed by atoms with Crippen molar-refractivity contribution >= 4 is 23.1 Å². The molecule has 0 radical (unpaired) electrons. The molecular weight excluding hydrogens is 442 g/mol. The van der Waals surface area contributed by atoms with Gasteiger partial charge in [0.25, 0.3) is 11.7 Å². The van der Waals surface area contributed by atoms with Gasteiger partial charge in [0.2, 0.25) is 0 Å². The standard InChI is InChI=1S/C29H29NO5/c1-5-15-35-23-13-10-20(11-14-23)27(31)25-26(21-7-6-8-24(17-21)34-4)30(29(33)28(25)32)22-12-9-18(2)19(3)16-22/h6-14,16-17,26,31H,5,15H2,1-4H3/b27-25+. The number of hydrogen-bond donors (Lipinski definition) is 1. The van der Waals surface area contributed by atoms with E-state index in [1.807, 2.05) is 45.0 Å². The van der Waals surface area contributed by atoms with Gasteiger partial charge in [-0.15, -0.1) is 0 Å². The molecule has 0 saturated carbocycles. The number of aliphatic hydroxyl groups excluding tert-OH is 1. The van der Waals surface area contributed by atoms with Crippen LogP contribution in [0.25, 0.3) is 5.76 Å². The number of hydrogen-bond acceptors (Lipinski definition) is 5. The number of benzene rings is 3. The lowest BCUT2D eigenvalue weighted by Crippen LogP contribution is -2.29. The van der Waals surface area contributed by atoms with E-state index in [0.29, 0.717) is 34.9 Å². The molecule has 0 aliphatic carbocycles. The molecule has 4 rings (SSSR count). The van der Waals surface area contributed by atoms with Crippen molar-refractivity contribution in [2.24, 2.45) is 0 Å². The molecule has 3 aromatic carbocycles. The maximum atomic E-state index is 13.3. The van der Waals surface area contributed by atoms with E-state index < -0.39 is 17.7 Å². The predicted molar refractivity (Wildman–Crippen MR) is 136 cm³/mol. The van der Waals surface area contributed by atoms with E-state index in [4.69, 9.17) is 9.47 Å². The summed E-state index contributed by atoms with van der Waals surface area (Å²) in [5.74, 6) is -0.399. The highest BCUT2D eigenvalue weighted by atomic mass is 16.5. The van der Waals surface area contributed by atoms with Crippen molar-refractivity contribution in [3.63, 3.8) is 0 Å². The summed E-state index contributed by atoms with van der Waals surface area (Å²) in [6, 6.07) is 18.9. The number of carbonyl (C=O) groups excluding carboxylic acids is 2. The number of ketones is 1. The van der Waals surface area contributed by atoms with E-state index in [9.17, 15) is 14.7 Å². The maximum absolute atomic E-state index is 13.3. The number of aliphatic hydroxyl groups is 1. The minimum Gasteiger partial charge on any atom is -0.507 e. The monoisotopic (exact) mass is 471 g/mol. The number of nitrogens with zero attached hydrogens (tertiary/aromatic N) is 1. The number of rotatable bonds is 7. The minimum atomic E-state index is -0.816. The summed E-state index contributed by atoms with van der Waals surface area (Å²) < 4.78 is 11.0. The van der Waals surface area contributed by atoms with Gasteiger partial charge in [-0.05, 0) is 85.5 Å². The molecule has 0 aromatic heterocycles. The SMILES string of the molecule is CCCOc1ccc(/C(O)=C2\C(=O)C(=O)N(c3ccc(C)c(C)c3)C2c2cccc(OC)c2)cc1. The Kier molecular flexibility index (Phi) is 6.92. The molecule has 1 amide bonds. The Labute approximate surface area is 205 Å². The van der Waals surface area contributed by atoms with Gasteiger partial charge >= 0.3 is 0 Å². The van der Waals surface area contributed by atoms with Gasteiger partial charge in [-0.1, -0.05) is 25.1 Å². The van der Waals surface area contributed by atoms with Crippen LogP contribution in [0.15, 0.2) is 72.3 Å². The molecule has 1 aliphatic rings. The number of Topliss-reactive ketones (excluding diaryl/α,β-unsaturated/α-hetero) is 1. The first kappa shape index (κ1) is 24.1. The first-order chi connectivity index (χ1) is 16.8. The molecule has 0 bridgehead atoms. The molecule has 1 heterocycles. The maximum Gasteiger partial charge on any atom is 0.300 e. The summed E-state index contributed by atoms with van der Waals surface area (Å²) >= 11 is 0. The molecule has 180 valence electrons. The van der Waals surface area contributed by atoms with E-state index in [-0.39, 0.29) is 11.3 Å². The summed E-state index contributed by atoms with van der Waals surface area (Å²) in [5.41, 5.74) is 3.78. The van der Waals surface area contributed by atoms with Gasteiger partial charge < -0.3 is 14.6 Å². The average molecular weight is 472 g/mol. The van der Waals surface area contributed by atoms with E-state index in [1.165, 1.54) is 4.90 Å². The van der Waals surface area contributed by atoms with Gasteiger partial charge in [0.05, 0.1) is 25.3 Å². The van der Waals surface area contributed by atoms with Gasteiger partial charge in [0, 0.05) is 11.3 Å². The average Bonchev–Trinajstić information content (AvgIpc) is 3.14. The van der Waals surface area contributed by atoms with Crippen LogP contribution >= 0.6 is 0 Å². The third-order valence-corrected chi connectivity index (χ3v) is 6.22. The zero-order chi connectivity index (χ0) is 25.1. The van der Waals surface area contributed by atoms with Gasteiger partial charge in [-0.3, -0.25) is 14.5 Å². The first-order valence-corrected chi connectivity index (χ1v) is 11.6. The van der Waals surface area contributed by atoms with Gasteiger partial charge in [-0.2, -0.15) is 0 Å². The van der Waals surface area contributed by atoms with Crippen LogP contribution in [0.2, 0.25) is 0 Å². The van der Waals surface area contributed by atoms with Crippen molar-refractivity contribution in [2.45, 2.75) is 33.2 Å². The zero-order valence-corrected chi connectivity index (χ0v) is 20.4. The molecule has 0 spiro atoms. The molecule has 1 unspecified atom stereocenters. The van der Waals surface area contributed by atoms with Crippen molar-refractivity contribution in [1.82, 2.24) is 0 Å². The van der Waals surface area contributed by atoms with Crippen LogP contribution in [0.4, 0.5) is 5.69 Å². The smallest absolute Gasteiger partial charge is 0.300 e. The second kappa shape index (κ2) is 10.1. The molecular formula is C29H29NO5. The number of amides is 1. The third-order valence-electron chi connectivity index (χ3n) is 6.22. The summed E-state index contributed by atoms with van der Waals surface area (Å²) in [4.78, 5) is 28.1. The zero-order valence-electron chi connectivity index (χ0n) is 20.4. The summed E-state index contributed by atoms with van der Waals surface area (Å²) in [7, 11) is 1.56. The van der Waals surface area contributed by atoms with Crippen LogP contribution in [-0.4, -0.2) is 30.5 Å². The third kappa shape index (κ3) is 4.64. The second-order valence-corrected chi connectivity index (χ2v) is 8.59. The number of aryl methyl sites for hydroxylation is 2. The Hall–Kier alpha value is -4.06. The number of methoxy groups -OCH3 is 1. The molecule has 1 atom stereocenters. The van der Waals surface area contributed by atoms with Gasteiger partial charge in [-0.25, -0.2) is 0 Å². The molecule has 1 fully saturated rings. The largest absolute Gasteiger partial charge is 0.507 e. The van der Waals surface area contributed by atoms with Crippen LogP contribution in [0.1, 0.15) is 41.6 Å². The van der Waals surface area contributed by atoms with Crippen LogP contribution in [0, 0.1) is 13.8 Å². The second-order valence-electron chi connectivity index (χ2n) is 8.59. The Morgan fingerprint density at radius 1 is 0.943 bits per heavy atom. The lowest BCUT2D eigenvalue weighted by atomic mass is 9.94. The molecule has 6 heteroatoms. The van der Waals surface area contributed by atoms with Crippen LogP contribution in [-0.2, 0) is 9.59 Å². The van der Waals surface area contributed by atoms with Crippen molar-refractivity contribution in [2.75, 3.05) is 18.6 Å². The fraction of sp³-hybridized carbons (Fsp3) is 0.241. The van der Waals surface area contributed by atoms with Crippen LogP contribution < -0.4 is 14.4 Å². The lowest BCUT2D eigenvalue weighted by Gasteiger charge is -2.26. The molecule has 6 nitrogen and oxygen atoms in total. The summed E-state index contributed by atoms with van der Waals surface area (Å²) in [6.07, 6.45) is 0.879. The highest BCUT2D eigenvalue weighted by Crippen LogP contribution is 2.43. The van der Waals surface area contributed by atoms with Gasteiger partial charge in [0.1, 0.15) is 17.3 Å². The molecule has 3 aromatic rings. The Bertz CT molecular complexity index is 1290. The molecule has 1 aliphatic heterocycles. The topological polar surface area (TPSA) is 76.1 Å². The Morgan fingerprint density at radius 2 is 1.69 bits per heavy atom. The van der Waals surface area contributed by atoms with E-state index in [1.54, 1.807) is 49.6 Å². The quantitative estimate of drug-likeness (QED) is 0.271. The van der Waals surface area contributed by atoms with Crippen LogP contribution in [0.3, 0.4) is 0 Å². The van der Waals surface area contributed by atoms with Gasteiger partial charge in [0.15, 0.2) is 0 Å². The van der Waals surface area contributed by atoms with Crippen LogP contribution in [0.5, 0.6) is 11.5 Å². The van der Waals surface area contributed by atoms with Crippen molar-refractivity contribution in [3.05, 3.63) is 94.6 Å². The van der Waals surface area contributed by atoms with E-state index in [2.05, 4.69) is 0 Å².